The van der Waals surface area contributed by atoms with Gasteiger partial charge in [0.2, 0.25) is 0 Å². The van der Waals surface area contributed by atoms with E-state index in [1.54, 1.807) is 0 Å². The van der Waals surface area contributed by atoms with E-state index in [0.29, 0.717) is 5.41 Å². The molecule has 21 heavy (non-hydrogen) atoms. The molecule has 1 heterocycles. The first-order valence-corrected chi connectivity index (χ1v) is 8.49. The van der Waals surface area contributed by atoms with Gasteiger partial charge in [0.05, 0.1) is 5.91 Å². The van der Waals surface area contributed by atoms with E-state index < -0.39 is 0 Å². The molecule has 0 radical (unpaired) electrons. The molecule has 0 aromatic rings. The minimum absolute atomic E-state index is 0. The Kier molecular flexibility index (Phi) is 10.1. The van der Waals surface area contributed by atoms with Crippen LogP contribution in [0, 0.1) is 17.3 Å². The molecule has 1 aliphatic heterocycles. The van der Waals surface area contributed by atoms with Crippen molar-refractivity contribution >= 4 is 5.91 Å². The topological polar surface area (TPSA) is 44.1 Å². The van der Waals surface area contributed by atoms with Gasteiger partial charge in [-0.3, -0.25) is 0 Å². The summed E-state index contributed by atoms with van der Waals surface area (Å²) in [5.74, 6) is 0.474. The summed E-state index contributed by atoms with van der Waals surface area (Å²) in [5.41, 5.74) is 7.75. The van der Waals surface area contributed by atoms with Crippen molar-refractivity contribution in [2.45, 2.75) is 66.2 Å². The van der Waals surface area contributed by atoms with Crippen molar-refractivity contribution in [3.8, 4) is 0 Å². The Balaban J connectivity index is 0.00000128. The smallest absolute Gasteiger partial charge is 0.0519 e. The molecule has 1 spiro atoms. The van der Waals surface area contributed by atoms with Gasteiger partial charge in [-0.25, -0.2) is 0 Å². The van der Waals surface area contributed by atoms with Gasteiger partial charge in [-0.05, 0) is 62.9 Å². The third-order valence-corrected chi connectivity index (χ3v) is 4.96. The minimum atomic E-state index is -0.331. The maximum atomic E-state index is 11.1. The number of rotatable bonds is 3. The van der Waals surface area contributed by atoms with Crippen LogP contribution >= 0.6 is 0 Å². The van der Waals surface area contributed by atoms with E-state index in [1.165, 1.54) is 45.3 Å². The first kappa shape index (κ1) is 21.1. The molecule has 3 nitrogen and oxygen atoms in total. The number of carbonyl (C=O) groups excluding carboxylic acids is 1. The van der Waals surface area contributed by atoms with Crippen molar-refractivity contribution < 1.29 is 25.9 Å². The van der Waals surface area contributed by atoms with E-state index in [9.17, 15) is 4.79 Å². The van der Waals surface area contributed by atoms with E-state index in [2.05, 4.69) is 18.7 Å². The summed E-state index contributed by atoms with van der Waals surface area (Å²) in [6.45, 7) is 12.3. The van der Waals surface area contributed by atoms with Gasteiger partial charge in [0, 0.05) is 33.5 Å². The maximum Gasteiger partial charge on any atom is 0.0519 e. The van der Waals surface area contributed by atoms with Gasteiger partial charge in [0.15, 0.2) is 0 Å². The molecule has 1 aliphatic carbocycles. The van der Waals surface area contributed by atoms with Crippen LogP contribution in [0.2, 0.25) is 0 Å². The molecule has 0 bridgehead atoms. The SMILES string of the molecule is CC.CC(C)CN1CCC2(CCC(C([NH-])=O)CC2)CC1.[W]. The number of carbonyl (C=O) groups is 1. The van der Waals surface area contributed by atoms with Crippen LogP contribution in [0.5, 0.6) is 0 Å². The van der Waals surface area contributed by atoms with E-state index >= 15 is 0 Å². The molecule has 1 N–H and O–H groups in total. The molecule has 0 aromatic heterocycles. The van der Waals surface area contributed by atoms with Crippen LogP contribution in [0.3, 0.4) is 0 Å². The van der Waals surface area contributed by atoms with Gasteiger partial charge in [0.1, 0.15) is 0 Å². The van der Waals surface area contributed by atoms with Crippen LogP contribution in [-0.2, 0) is 25.9 Å². The third kappa shape index (κ3) is 6.40. The van der Waals surface area contributed by atoms with Gasteiger partial charge in [-0.2, -0.15) is 0 Å². The molecule has 124 valence electrons. The molecule has 1 saturated heterocycles. The maximum absolute atomic E-state index is 11.1. The Morgan fingerprint density at radius 3 is 2.00 bits per heavy atom. The van der Waals surface area contributed by atoms with Crippen LogP contribution in [0.1, 0.15) is 66.2 Å². The minimum Gasteiger partial charge on any atom is -0.668 e. The summed E-state index contributed by atoms with van der Waals surface area (Å²) in [5, 5.41) is 0. The third-order valence-electron chi connectivity index (χ3n) is 4.96. The van der Waals surface area contributed by atoms with Gasteiger partial charge in [-0.1, -0.05) is 27.7 Å². The van der Waals surface area contributed by atoms with Crippen LogP contribution in [-0.4, -0.2) is 30.4 Å². The molecule has 4 heteroatoms. The predicted molar refractivity (Wildman–Crippen MR) is 85.6 cm³/mol. The summed E-state index contributed by atoms with van der Waals surface area (Å²) in [6, 6.07) is 0. The molecule has 1 saturated carbocycles. The molecule has 0 atom stereocenters. The largest absolute Gasteiger partial charge is 0.668 e. The molecule has 2 rings (SSSR count). The van der Waals surface area contributed by atoms with Gasteiger partial charge in [-0.15, -0.1) is 0 Å². The number of nitrogens with one attached hydrogen (secondary N) is 1. The quantitative estimate of drug-likeness (QED) is 0.616. The van der Waals surface area contributed by atoms with Crippen LogP contribution in [0.4, 0.5) is 0 Å². The average molecular weight is 465 g/mol. The zero-order chi connectivity index (χ0) is 15.2. The molecule has 2 aliphatic rings. The summed E-state index contributed by atoms with van der Waals surface area (Å²) in [7, 11) is 0. The molecule has 1 amide bonds. The zero-order valence-electron chi connectivity index (χ0n) is 14.3. The fraction of sp³-hybridized carbons (Fsp3) is 0.941. The Morgan fingerprint density at radius 1 is 1.14 bits per heavy atom. The first-order valence-electron chi connectivity index (χ1n) is 8.49. The van der Waals surface area contributed by atoms with Crippen molar-refractivity contribution in [2.24, 2.45) is 17.3 Å². The second-order valence-corrected chi connectivity index (χ2v) is 6.83. The Bertz CT molecular complexity index is 289. The Morgan fingerprint density at radius 2 is 1.62 bits per heavy atom. The first-order chi connectivity index (χ1) is 9.51. The van der Waals surface area contributed by atoms with E-state index in [1.807, 2.05) is 13.8 Å². The van der Waals surface area contributed by atoms with Gasteiger partial charge < -0.3 is 15.4 Å². The normalized spacial score (nSPS) is 22.3. The van der Waals surface area contributed by atoms with Gasteiger partial charge >= 0.3 is 0 Å². The molecular weight excluding hydrogens is 432 g/mol. The molecule has 0 unspecified atom stereocenters. The molecular formula is C17H33N2OW-. The van der Waals surface area contributed by atoms with Crippen molar-refractivity contribution in [1.29, 1.82) is 0 Å². The number of nitrogens with zero attached hydrogens (tertiary/aromatic N) is 1. The zero-order valence-corrected chi connectivity index (χ0v) is 17.2. The fourth-order valence-corrected chi connectivity index (χ4v) is 3.72. The average Bonchev–Trinajstić information content (AvgIpc) is 2.44. The summed E-state index contributed by atoms with van der Waals surface area (Å²) in [4.78, 5) is 13.7. The second-order valence-electron chi connectivity index (χ2n) is 6.83. The van der Waals surface area contributed by atoms with Crippen molar-refractivity contribution in [1.82, 2.24) is 4.90 Å². The summed E-state index contributed by atoms with van der Waals surface area (Å²) >= 11 is 0. The van der Waals surface area contributed by atoms with Crippen molar-refractivity contribution in [3.05, 3.63) is 5.73 Å². The number of amides is 1. The van der Waals surface area contributed by atoms with E-state index in [-0.39, 0.29) is 32.9 Å². The van der Waals surface area contributed by atoms with Crippen LogP contribution in [0.15, 0.2) is 0 Å². The Labute approximate surface area is 145 Å². The number of piperidine rings is 1. The monoisotopic (exact) mass is 465 g/mol. The van der Waals surface area contributed by atoms with Gasteiger partial charge in [0.25, 0.3) is 0 Å². The number of hydrogen-bond acceptors (Lipinski definition) is 2. The number of hydrogen-bond donors (Lipinski definition) is 0. The summed E-state index contributed by atoms with van der Waals surface area (Å²) in [6.07, 6.45) is 6.89. The standard InChI is InChI=1S/C15H28N2O.C2H6.W/c1-12(2)11-17-9-7-15(8-10-17)5-3-13(4-6-15)14(16)18;1-2;/h12-13H,3-11H2,1-2H3,(H2,16,18);1-2H3;/p-1. The predicted octanol–water partition coefficient (Wildman–Crippen LogP) is 4.52. The summed E-state index contributed by atoms with van der Waals surface area (Å²) < 4.78 is 0. The fourth-order valence-electron chi connectivity index (χ4n) is 3.72. The van der Waals surface area contributed by atoms with Crippen LogP contribution < -0.4 is 0 Å². The van der Waals surface area contributed by atoms with Crippen molar-refractivity contribution in [2.75, 3.05) is 19.6 Å². The number of likely N-dealkylation sites (tertiary alicyclic amines) is 1. The Hall–Kier alpha value is 0.118. The second kappa shape index (κ2) is 10.00. The van der Waals surface area contributed by atoms with Crippen molar-refractivity contribution in [3.63, 3.8) is 0 Å². The molecule has 0 aromatic carbocycles. The van der Waals surface area contributed by atoms with Crippen LogP contribution in [0.25, 0.3) is 5.73 Å². The van der Waals surface area contributed by atoms with E-state index in [0.717, 1.165) is 18.8 Å². The molecule has 2 fully saturated rings. The van der Waals surface area contributed by atoms with E-state index in [4.69, 9.17) is 5.73 Å².